The first-order chi connectivity index (χ1) is 19.3. The number of anilines is 2. The zero-order valence-corrected chi connectivity index (χ0v) is 22.9. The quantitative estimate of drug-likeness (QED) is 0.431. The molecule has 40 heavy (non-hydrogen) atoms. The van der Waals surface area contributed by atoms with Crippen LogP contribution in [0.5, 0.6) is 0 Å². The van der Waals surface area contributed by atoms with Gasteiger partial charge in [0, 0.05) is 26.0 Å². The van der Waals surface area contributed by atoms with Crippen molar-refractivity contribution < 1.29 is 23.6 Å². The molecule has 0 radical (unpaired) electrons. The highest BCUT2D eigenvalue weighted by Gasteiger charge is 2.43. The monoisotopic (exact) mass is 545 g/mol. The highest BCUT2D eigenvalue weighted by atomic mass is 16.3. The number of amides is 4. The molecular weight excluding hydrogens is 510 g/mol. The van der Waals surface area contributed by atoms with Crippen molar-refractivity contribution >= 4 is 46.0 Å². The summed E-state index contributed by atoms with van der Waals surface area (Å²) < 4.78 is 5.73. The van der Waals surface area contributed by atoms with Gasteiger partial charge in [-0.3, -0.25) is 14.4 Å². The van der Waals surface area contributed by atoms with Crippen LogP contribution in [0.3, 0.4) is 0 Å². The van der Waals surface area contributed by atoms with Crippen molar-refractivity contribution in [3.8, 4) is 0 Å². The first kappa shape index (κ1) is 27.2. The molecule has 3 N–H and O–H groups in total. The molecular formula is C30H35N5O5. The number of piperidine rings is 1. The predicted octanol–water partition coefficient (Wildman–Crippen LogP) is 3.92. The summed E-state index contributed by atoms with van der Waals surface area (Å²) >= 11 is 0. The van der Waals surface area contributed by atoms with E-state index in [1.165, 1.54) is 4.90 Å². The fourth-order valence-electron chi connectivity index (χ4n) is 5.50. The number of para-hydroxylation sites is 3. The first-order valence-electron chi connectivity index (χ1n) is 13.7. The van der Waals surface area contributed by atoms with Crippen LogP contribution in [0.1, 0.15) is 49.1 Å². The molecule has 5 rings (SSSR count). The van der Waals surface area contributed by atoms with Gasteiger partial charge in [-0.05, 0) is 43.5 Å². The minimum absolute atomic E-state index is 0.0954. The van der Waals surface area contributed by atoms with Gasteiger partial charge in [0.15, 0.2) is 11.5 Å². The molecule has 4 amide bonds. The van der Waals surface area contributed by atoms with Gasteiger partial charge in [-0.25, -0.2) is 4.79 Å². The van der Waals surface area contributed by atoms with E-state index in [1.54, 1.807) is 32.3 Å². The van der Waals surface area contributed by atoms with E-state index in [0.717, 1.165) is 30.3 Å². The number of carbonyl (C=O) groups excluding carboxylic acids is 4. The van der Waals surface area contributed by atoms with E-state index in [1.807, 2.05) is 41.3 Å². The minimum Gasteiger partial charge on any atom is -0.451 e. The second kappa shape index (κ2) is 11.4. The maximum Gasteiger partial charge on any atom is 0.321 e. The Morgan fingerprint density at radius 3 is 2.45 bits per heavy atom. The summed E-state index contributed by atoms with van der Waals surface area (Å²) in [6.07, 6.45) is 3.99. The Labute approximate surface area is 233 Å². The molecule has 2 heterocycles. The number of ketones is 1. The average molecular weight is 546 g/mol. The van der Waals surface area contributed by atoms with Crippen molar-refractivity contribution in [2.24, 2.45) is 0 Å². The van der Waals surface area contributed by atoms with Crippen LogP contribution in [0.15, 0.2) is 59.0 Å². The zero-order valence-electron chi connectivity index (χ0n) is 22.9. The maximum atomic E-state index is 13.7. The van der Waals surface area contributed by atoms with Crippen molar-refractivity contribution in [3.63, 3.8) is 0 Å². The molecule has 0 spiro atoms. The summed E-state index contributed by atoms with van der Waals surface area (Å²) in [5.41, 5.74) is 0.869. The third kappa shape index (κ3) is 5.66. The lowest BCUT2D eigenvalue weighted by molar-refractivity contribution is -0.133. The van der Waals surface area contributed by atoms with Gasteiger partial charge in [-0.15, -0.1) is 0 Å². The van der Waals surface area contributed by atoms with Crippen LogP contribution >= 0.6 is 0 Å². The molecule has 1 aliphatic heterocycles. The van der Waals surface area contributed by atoms with Crippen LogP contribution in [-0.2, 0) is 9.59 Å². The molecule has 1 saturated heterocycles. The first-order valence-corrected chi connectivity index (χ1v) is 13.7. The summed E-state index contributed by atoms with van der Waals surface area (Å²) in [6, 6.07) is 15.5. The number of nitrogens with zero attached hydrogens (tertiary/aromatic N) is 2. The number of furan rings is 1. The number of fused-ring (bicyclic) bond motifs is 1. The van der Waals surface area contributed by atoms with Crippen LogP contribution in [-0.4, -0.2) is 67.3 Å². The van der Waals surface area contributed by atoms with Crippen molar-refractivity contribution in [1.29, 1.82) is 0 Å². The molecule has 210 valence electrons. The third-order valence-electron chi connectivity index (χ3n) is 7.76. The average Bonchev–Trinajstić information content (AvgIpc) is 3.40. The topological polar surface area (TPSA) is 124 Å². The second-order valence-electron chi connectivity index (χ2n) is 10.8. The molecule has 1 unspecified atom stereocenters. The van der Waals surface area contributed by atoms with Crippen LogP contribution in [0.4, 0.5) is 16.2 Å². The van der Waals surface area contributed by atoms with Gasteiger partial charge < -0.3 is 30.2 Å². The summed E-state index contributed by atoms with van der Waals surface area (Å²) in [5, 5.41) is 9.62. The van der Waals surface area contributed by atoms with Crippen molar-refractivity contribution in [3.05, 3.63) is 60.4 Å². The molecule has 1 aromatic heterocycles. The number of urea groups is 1. The van der Waals surface area contributed by atoms with E-state index >= 15 is 0 Å². The van der Waals surface area contributed by atoms with Crippen molar-refractivity contribution in [2.45, 2.75) is 50.1 Å². The summed E-state index contributed by atoms with van der Waals surface area (Å²) in [4.78, 5) is 55.7. The van der Waals surface area contributed by atoms with E-state index in [-0.39, 0.29) is 30.0 Å². The largest absolute Gasteiger partial charge is 0.451 e. The molecule has 3 aromatic rings. The lowest BCUT2D eigenvalue weighted by Crippen LogP contribution is -2.63. The van der Waals surface area contributed by atoms with Crippen LogP contribution in [0.2, 0.25) is 0 Å². The van der Waals surface area contributed by atoms with E-state index in [9.17, 15) is 19.2 Å². The van der Waals surface area contributed by atoms with E-state index < -0.39 is 17.5 Å². The molecule has 1 saturated carbocycles. The Morgan fingerprint density at radius 1 is 1.00 bits per heavy atom. The number of nitrogens with one attached hydrogen (secondary N) is 3. The van der Waals surface area contributed by atoms with Gasteiger partial charge in [-0.1, -0.05) is 49.6 Å². The number of Topliss-reactive ketones (excluding diaryl/α,β-unsaturated/α-hetero) is 1. The highest BCUT2D eigenvalue weighted by molar-refractivity contribution is 6.02. The molecule has 2 aliphatic rings. The van der Waals surface area contributed by atoms with Gasteiger partial charge in [0.25, 0.3) is 5.91 Å². The van der Waals surface area contributed by atoms with Crippen LogP contribution < -0.4 is 20.9 Å². The molecule has 1 aliphatic carbocycles. The van der Waals surface area contributed by atoms with Crippen LogP contribution in [0.25, 0.3) is 11.0 Å². The maximum absolute atomic E-state index is 13.7. The summed E-state index contributed by atoms with van der Waals surface area (Å²) in [7, 11) is 3.32. The molecule has 2 aromatic carbocycles. The lowest BCUT2D eigenvalue weighted by atomic mass is 9.80. The van der Waals surface area contributed by atoms with Crippen molar-refractivity contribution in [2.75, 3.05) is 37.4 Å². The molecule has 10 nitrogen and oxygen atoms in total. The molecule has 0 bridgehead atoms. The standard InChI is InChI=1S/C30H35N5O5/c1-34(2)29(39)32-21-11-5-6-12-23(21)35-17-14-22(24(36)19-35)31-28(38)30(15-8-3-9-16-30)33-27(37)26-18-20-10-4-7-13-25(20)40-26/h4-7,10-13,18,22H,3,8-9,14-17,19H2,1-2H3,(H,31,38)(H,32,39)(H,33,37). The lowest BCUT2D eigenvalue weighted by Gasteiger charge is -2.39. The van der Waals surface area contributed by atoms with Gasteiger partial charge in [0.05, 0.1) is 24.0 Å². The Morgan fingerprint density at radius 2 is 1.73 bits per heavy atom. The summed E-state index contributed by atoms with van der Waals surface area (Å²) in [6.45, 7) is 0.613. The normalized spacial score (nSPS) is 18.7. The van der Waals surface area contributed by atoms with Gasteiger partial charge in [-0.2, -0.15) is 0 Å². The Kier molecular flexibility index (Phi) is 7.77. The Bertz CT molecular complexity index is 1390. The predicted molar refractivity (Wildman–Crippen MR) is 152 cm³/mol. The van der Waals surface area contributed by atoms with E-state index in [4.69, 9.17) is 4.42 Å². The third-order valence-corrected chi connectivity index (χ3v) is 7.76. The summed E-state index contributed by atoms with van der Waals surface area (Å²) in [5.74, 6) is -0.737. The minimum atomic E-state index is -1.10. The molecule has 1 atom stereocenters. The van der Waals surface area contributed by atoms with Gasteiger partial charge in [0.2, 0.25) is 5.91 Å². The fraction of sp³-hybridized carbons (Fsp3) is 0.400. The van der Waals surface area contributed by atoms with Gasteiger partial charge in [0.1, 0.15) is 11.1 Å². The number of hydrogen-bond acceptors (Lipinski definition) is 6. The van der Waals surface area contributed by atoms with Crippen molar-refractivity contribution in [1.82, 2.24) is 15.5 Å². The SMILES string of the molecule is CN(C)C(=O)Nc1ccccc1N1CCC(NC(=O)C2(NC(=O)c3cc4ccccc4o3)CCCCC2)C(=O)C1. The fourth-order valence-corrected chi connectivity index (χ4v) is 5.50. The number of hydrogen-bond donors (Lipinski definition) is 3. The smallest absolute Gasteiger partial charge is 0.321 e. The van der Waals surface area contributed by atoms with Gasteiger partial charge >= 0.3 is 6.03 Å². The second-order valence-corrected chi connectivity index (χ2v) is 10.8. The number of carbonyl (C=O) groups is 4. The molecule has 10 heteroatoms. The number of benzene rings is 2. The van der Waals surface area contributed by atoms with Crippen LogP contribution in [0, 0.1) is 0 Å². The zero-order chi connectivity index (χ0) is 28.3. The highest BCUT2D eigenvalue weighted by Crippen LogP contribution is 2.31. The van der Waals surface area contributed by atoms with E-state index in [0.29, 0.717) is 37.1 Å². The molecule has 2 fully saturated rings. The number of rotatable bonds is 6. The Hall–Kier alpha value is -4.34. The Balaban J connectivity index is 1.27. The van der Waals surface area contributed by atoms with E-state index in [2.05, 4.69) is 16.0 Å².